The predicted molar refractivity (Wildman–Crippen MR) is 114 cm³/mol. The van der Waals surface area contributed by atoms with Gasteiger partial charge in [0.2, 0.25) is 0 Å². The molecule has 0 saturated heterocycles. The lowest BCUT2D eigenvalue weighted by atomic mass is 10.1. The molecule has 0 aliphatic rings. The van der Waals surface area contributed by atoms with E-state index in [1.165, 1.54) is 6.21 Å². The first-order valence-electron chi connectivity index (χ1n) is 9.32. The number of hydrazone groups is 1. The first-order valence-corrected chi connectivity index (χ1v) is 9.32. The van der Waals surface area contributed by atoms with Crippen LogP contribution in [0.5, 0.6) is 17.2 Å². The number of ether oxygens (including phenoxy) is 2. The normalized spacial score (nSPS) is 10.5. The Labute approximate surface area is 175 Å². The largest absolute Gasteiger partial charge is 0.504 e. The third kappa shape index (κ3) is 6.37. The molecule has 158 valence electrons. The second-order valence-corrected chi connectivity index (χ2v) is 6.18. The third-order valence-corrected chi connectivity index (χ3v) is 4.04. The molecule has 0 saturated carbocycles. The van der Waals surface area contributed by atoms with Crippen molar-refractivity contribution >= 4 is 18.0 Å². The number of hydrogen-bond acceptors (Lipinski definition) is 6. The second-order valence-electron chi connectivity index (χ2n) is 6.18. The first kappa shape index (κ1) is 22.5. The Hall–Kier alpha value is -3.81. The van der Waals surface area contributed by atoms with Gasteiger partial charge >= 0.3 is 11.8 Å². The zero-order valence-electron chi connectivity index (χ0n) is 17.0. The van der Waals surface area contributed by atoms with Crippen molar-refractivity contribution in [3.8, 4) is 17.2 Å². The summed E-state index contributed by atoms with van der Waals surface area (Å²) < 4.78 is 10.5. The molecule has 2 aromatic rings. The minimum Gasteiger partial charge on any atom is -0.504 e. The Morgan fingerprint density at radius 3 is 2.57 bits per heavy atom. The maximum Gasteiger partial charge on any atom is 0.329 e. The molecule has 0 aliphatic carbocycles. The van der Waals surface area contributed by atoms with Gasteiger partial charge in [0.1, 0.15) is 5.75 Å². The molecule has 0 aromatic heterocycles. The van der Waals surface area contributed by atoms with Gasteiger partial charge in [-0.1, -0.05) is 18.2 Å². The Morgan fingerprint density at radius 2 is 1.93 bits per heavy atom. The Kier molecular flexibility index (Phi) is 8.43. The van der Waals surface area contributed by atoms with Crippen molar-refractivity contribution in [3.63, 3.8) is 0 Å². The van der Waals surface area contributed by atoms with E-state index in [0.717, 1.165) is 5.56 Å². The summed E-state index contributed by atoms with van der Waals surface area (Å²) in [6, 6.07) is 10.4. The summed E-state index contributed by atoms with van der Waals surface area (Å²) in [7, 11) is 1.57. The average Bonchev–Trinajstić information content (AvgIpc) is 2.75. The van der Waals surface area contributed by atoms with Crippen LogP contribution in [0.4, 0.5) is 0 Å². The van der Waals surface area contributed by atoms with Crippen molar-refractivity contribution in [2.45, 2.75) is 19.9 Å². The van der Waals surface area contributed by atoms with Crippen LogP contribution in [-0.4, -0.2) is 36.9 Å². The van der Waals surface area contributed by atoms with Crippen LogP contribution in [0.1, 0.15) is 23.6 Å². The number of nitrogens with one attached hydrogen (secondary N) is 2. The van der Waals surface area contributed by atoms with Crippen LogP contribution in [0.25, 0.3) is 0 Å². The van der Waals surface area contributed by atoms with Gasteiger partial charge in [0, 0.05) is 12.1 Å². The number of amides is 2. The summed E-state index contributed by atoms with van der Waals surface area (Å²) >= 11 is 0. The van der Waals surface area contributed by atoms with Gasteiger partial charge < -0.3 is 19.9 Å². The van der Waals surface area contributed by atoms with E-state index in [2.05, 4.69) is 22.4 Å². The molecule has 0 radical (unpaired) electrons. The Bertz CT molecular complexity index is 923. The molecule has 0 bridgehead atoms. The molecule has 0 fully saturated rings. The highest BCUT2D eigenvalue weighted by Crippen LogP contribution is 2.31. The molecule has 2 aromatic carbocycles. The lowest BCUT2D eigenvalue weighted by Gasteiger charge is -2.10. The summed E-state index contributed by atoms with van der Waals surface area (Å²) in [4.78, 5) is 23.8. The number of benzene rings is 2. The molecule has 2 rings (SSSR count). The van der Waals surface area contributed by atoms with Gasteiger partial charge in [-0.2, -0.15) is 5.10 Å². The lowest BCUT2D eigenvalue weighted by molar-refractivity contribution is -0.139. The van der Waals surface area contributed by atoms with Crippen LogP contribution in [-0.2, 0) is 22.6 Å². The summed E-state index contributed by atoms with van der Waals surface area (Å²) in [6.45, 7) is 6.04. The van der Waals surface area contributed by atoms with Crippen LogP contribution in [0, 0.1) is 0 Å². The minimum atomic E-state index is -0.894. The SMILES string of the molecule is C=CCc1cc(/C=N/NC(=O)C(=O)NCc2ccc(OC)cc2)cc(OCC)c1O. The number of methoxy groups -OCH3 is 1. The summed E-state index contributed by atoms with van der Waals surface area (Å²) in [6.07, 6.45) is 3.46. The van der Waals surface area contributed by atoms with Crippen molar-refractivity contribution in [3.05, 3.63) is 65.7 Å². The van der Waals surface area contributed by atoms with Crippen molar-refractivity contribution < 1.29 is 24.2 Å². The van der Waals surface area contributed by atoms with E-state index < -0.39 is 11.8 Å². The molecule has 8 nitrogen and oxygen atoms in total. The molecule has 0 unspecified atom stereocenters. The second kappa shape index (κ2) is 11.3. The number of carbonyl (C=O) groups is 2. The van der Waals surface area contributed by atoms with Gasteiger partial charge in [-0.05, 0) is 48.7 Å². The maximum absolute atomic E-state index is 11.9. The van der Waals surface area contributed by atoms with Crippen LogP contribution in [0.15, 0.2) is 54.2 Å². The zero-order valence-corrected chi connectivity index (χ0v) is 17.0. The van der Waals surface area contributed by atoms with Gasteiger partial charge in [-0.3, -0.25) is 9.59 Å². The highest BCUT2D eigenvalue weighted by molar-refractivity contribution is 6.35. The van der Waals surface area contributed by atoms with Gasteiger partial charge in [0.05, 0.1) is 19.9 Å². The third-order valence-electron chi connectivity index (χ3n) is 4.04. The maximum atomic E-state index is 11.9. The molecular weight excluding hydrogens is 386 g/mol. The molecule has 0 atom stereocenters. The van der Waals surface area contributed by atoms with Crippen molar-refractivity contribution in [1.29, 1.82) is 0 Å². The van der Waals surface area contributed by atoms with Crippen LogP contribution < -0.4 is 20.2 Å². The number of nitrogens with zero attached hydrogens (tertiary/aromatic N) is 1. The van der Waals surface area contributed by atoms with E-state index in [0.29, 0.717) is 35.7 Å². The predicted octanol–water partition coefficient (Wildman–Crippen LogP) is 2.29. The van der Waals surface area contributed by atoms with E-state index in [-0.39, 0.29) is 12.3 Å². The zero-order chi connectivity index (χ0) is 21.9. The summed E-state index contributed by atoms with van der Waals surface area (Å²) in [5.41, 5.74) is 4.20. The standard InChI is InChI=1S/C22H25N3O5/c1-4-6-17-11-16(12-19(20(17)26)30-5-2)14-24-25-22(28)21(27)23-13-15-7-9-18(29-3)10-8-15/h4,7-12,14,26H,1,5-6,13H2,2-3H3,(H,23,27)(H,25,28)/b24-14+. The summed E-state index contributed by atoms with van der Waals surface area (Å²) in [5, 5.41) is 16.5. The summed E-state index contributed by atoms with van der Waals surface area (Å²) in [5.74, 6) is -0.654. The minimum absolute atomic E-state index is 0.0378. The molecular formula is C22H25N3O5. The molecule has 30 heavy (non-hydrogen) atoms. The van der Waals surface area contributed by atoms with Crippen molar-refractivity contribution in [1.82, 2.24) is 10.7 Å². The lowest BCUT2D eigenvalue weighted by Crippen LogP contribution is -2.37. The average molecular weight is 411 g/mol. The Balaban J connectivity index is 1.95. The molecule has 3 N–H and O–H groups in total. The van der Waals surface area contributed by atoms with E-state index in [1.807, 2.05) is 0 Å². The molecule has 0 spiro atoms. The quantitative estimate of drug-likeness (QED) is 0.254. The van der Waals surface area contributed by atoms with E-state index in [4.69, 9.17) is 9.47 Å². The smallest absolute Gasteiger partial charge is 0.329 e. The molecule has 8 heteroatoms. The number of rotatable bonds is 9. The monoisotopic (exact) mass is 411 g/mol. The van der Waals surface area contributed by atoms with E-state index in [9.17, 15) is 14.7 Å². The number of aromatic hydroxyl groups is 1. The molecule has 0 aliphatic heterocycles. The molecule has 2 amide bonds. The van der Waals surface area contributed by atoms with Crippen molar-refractivity contribution in [2.75, 3.05) is 13.7 Å². The fourth-order valence-corrected chi connectivity index (χ4v) is 2.56. The van der Waals surface area contributed by atoms with Crippen molar-refractivity contribution in [2.24, 2.45) is 5.10 Å². The fourth-order valence-electron chi connectivity index (χ4n) is 2.56. The van der Waals surface area contributed by atoms with Crippen LogP contribution in [0.2, 0.25) is 0 Å². The van der Waals surface area contributed by atoms with Gasteiger partial charge in [0.15, 0.2) is 11.5 Å². The van der Waals surface area contributed by atoms with Gasteiger partial charge in [-0.15, -0.1) is 6.58 Å². The number of hydrogen-bond donors (Lipinski definition) is 3. The number of phenolic OH excluding ortho intramolecular Hbond substituents is 1. The number of carbonyl (C=O) groups excluding carboxylic acids is 2. The van der Waals surface area contributed by atoms with Gasteiger partial charge in [-0.25, -0.2) is 5.43 Å². The van der Waals surface area contributed by atoms with Crippen LogP contribution in [0.3, 0.4) is 0 Å². The molecule has 0 heterocycles. The van der Waals surface area contributed by atoms with E-state index in [1.54, 1.807) is 56.5 Å². The number of phenols is 1. The first-order chi connectivity index (χ1) is 14.5. The highest BCUT2D eigenvalue weighted by Gasteiger charge is 2.13. The van der Waals surface area contributed by atoms with Gasteiger partial charge in [0.25, 0.3) is 0 Å². The Morgan fingerprint density at radius 1 is 1.20 bits per heavy atom. The number of allylic oxidation sites excluding steroid dienone is 1. The fraction of sp³-hybridized carbons (Fsp3) is 0.227. The van der Waals surface area contributed by atoms with E-state index >= 15 is 0 Å². The highest BCUT2D eigenvalue weighted by atomic mass is 16.5. The topological polar surface area (TPSA) is 109 Å². The van der Waals surface area contributed by atoms with Crippen LogP contribution >= 0.6 is 0 Å².